The second-order valence-electron chi connectivity index (χ2n) is 5.36. The molecule has 1 fully saturated rings. The lowest BCUT2D eigenvalue weighted by atomic mass is 9.92. The second-order valence-corrected chi connectivity index (χ2v) is 5.36. The highest BCUT2D eigenvalue weighted by atomic mass is 16.5. The van der Waals surface area contributed by atoms with Crippen molar-refractivity contribution < 1.29 is 4.74 Å². The zero-order chi connectivity index (χ0) is 11.9. The van der Waals surface area contributed by atoms with E-state index in [1.807, 2.05) is 0 Å². The number of piperazine rings is 1. The molecule has 0 atom stereocenters. The first kappa shape index (κ1) is 13.9. The van der Waals surface area contributed by atoms with Crippen LogP contribution in [-0.4, -0.2) is 64.4 Å². The third kappa shape index (κ3) is 5.80. The Morgan fingerprint density at radius 2 is 2.00 bits per heavy atom. The van der Waals surface area contributed by atoms with Gasteiger partial charge < -0.3 is 20.3 Å². The van der Waals surface area contributed by atoms with Gasteiger partial charge in [-0.2, -0.15) is 0 Å². The molecule has 96 valence electrons. The molecule has 4 heteroatoms. The maximum Gasteiger partial charge on any atom is 0.0587 e. The van der Waals surface area contributed by atoms with Crippen molar-refractivity contribution in [2.24, 2.45) is 5.41 Å². The summed E-state index contributed by atoms with van der Waals surface area (Å²) in [4.78, 5) is 2.55. The largest absolute Gasteiger partial charge is 0.383 e. The van der Waals surface area contributed by atoms with E-state index in [1.165, 1.54) is 19.6 Å². The van der Waals surface area contributed by atoms with E-state index in [1.54, 1.807) is 7.11 Å². The van der Waals surface area contributed by atoms with Crippen LogP contribution in [0, 0.1) is 5.41 Å². The number of nitrogens with zero attached hydrogens (tertiary/aromatic N) is 1. The van der Waals surface area contributed by atoms with Crippen LogP contribution < -0.4 is 10.6 Å². The average Bonchev–Trinajstić information content (AvgIpc) is 2.25. The van der Waals surface area contributed by atoms with Gasteiger partial charge in [-0.1, -0.05) is 13.8 Å². The van der Waals surface area contributed by atoms with Gasteiger partial charge in [-0.05, 0) is 5.41 Å². The van der Waals surface area contributed by atoms with Crippen molar-refractivity contribution in [1.29, 1.82) is 0 Å². The Morgan fingerprint density at radius 3 is 2.62 bits per heavy atom. The zero-order valence-corrected chi connectivity index (χ0v) is 11.0. The molecule has 0 aromatic rings. The quantitative estimate of drug-likeness (QED) is 0.610. The van der Waals surface area contributed by atoms with E-state index in [4.69, 9.17) is 4.74 Å². The summed E-state index contributed by atoms with van der Waals surface area (Å²) in [6, 6.07) is 0. The number of nitrogens with one attached hydrogen (secondary N) is 2. The summed E-state index contributed by atoms with van der Waals surface area (Å²) in [6.45, 7) is 13.3. The van der Waals surface area contributed by atoms with Crippen LogP contribution >= 0.6 is 0 Å². The molecule has 0 bridgehead atoms. The van der Waals surface area contributed by atoms with E-state index in [0.29, 0.717) is 5.41 Å². The number of hydrogen-bond acceptors (Lipinski definition) is 4. The van der Waals surface area contributed by atoms with Crippen LogP contribution in [0.4, 0.5) is 0 Å². The second kappa shape index (κ2) is 7.22. The average molecular weight is 229 g/mol. The third-order valence-corrected chi connectivity index (χ3v) is 2.95. The molecular weight excluding hydrogens is 202 g/mol. The molecule has 0 aromatic heterocycles. The molecule has 0 aromatic carbocycles. The Kier molecular flexibility index (Phi) is 6.28. The summed E-state index contributed by atoms with van der Waals surface area (Å²) in [5, 5.41) is 6.84. The summed E-state index contributed by atoms with van der Waals surface area (Å²) in [6.07, 6.45) is 0. The first-order valence-corrected chi connectivity index (χ1v) is 6.27. The zero-order valence-electron chi connectivity index (χ0n) is 11.0. The van der Waals surface area contributed by atoms with Crippen molar-refractivity contribution in [3.63, 3.8) is 0 Å². The Morgan fingerprint density at radius 1 is 1.31 bits per heavy atom. The molecule has 0 spiro atoms. The van der Waals surface area contributed by atoms with Crippen LogP contribution in [-0.2, 0) is 4.74 Å². The molecule has 0 amide bonds. The smallest absolute Gasteiger partial charge is 0.0587 e. The summed E-state index contributed by atoms with van der Waals surface area (Å²) >= 11 is 0. The van der Waals surface area contributed by atoms with Gasteiger partial charge in [0.15, 0.2) is 0 Å². The third-order valence-electron chi connectivity index (χ3n) is 2.95. The van der Waals surface area contributed by atoms with Gasteiger partial charge in [-0.3, -0.25) is 0 Å². The minimum atomic E-state index is 0.338. The van der Waals surface area contributed by atoms with Gasteiger partial charge in [-0.15, -0.1) is 0 Å². The minimum Gasteiger partial charge on any atom is -0.383 e. The fourth-order valence-corrected chi connectivity index (χ4v) is 2.13. The monoisotopic (exact) mass is 229 g/mol. The maximum absolute atomic E-state index is 5.03. The summed E-state index contributed by atoms with van der Waals surface area (Å²) in [5.41, 5.74) is 0.338. The molecule has 16 heavy (non-hydrogen) atoms. The first-order chi connectivity index (χ1) is 7.64. The van der Waals surface area contributed by atoms with Crippen molar-refractivity contribution in [2.45, 2.75) is 13.8 Å². The molecule has 0 aliphatic carbocycles. The molecule has 2 N–H and O–H groups in total. The van der Waals surface area contributed by atoms with Gasteiger partial charge in [0.05, 0.1) is 6.61 Å². The normalized spacial score (nSPS) is 18.9. The molecule has 0 saturated carbocycles. The van der Waals surface area contributed by atoms with Gasteiger partial charge in [0, 0.05) is 52.9 Å². The number of rotatable bonds is 7. The number of methoxy groups -OCH3 is 1. The molecule has 0 radical (unpaired) electrons. The fourth-order valence-electron chi connectivity index (χ4n) is 2.13. The highest BCUT2D eigenvalue weighted by Gasteiger charge is 2.22. The Balaban J connectivity index is 2.16. The minimum absolute atomic E-state index is 0.338. The number of ether oxygens (including phenoxy) is 1. The van der Waals surface area contributed by atoms with Crippen LogP contribution in [0.25, 0.3) is 0 Å². The first-order valence-electron chi connectivity index (χ1n) is 6.27. The van der Waals surface area contributed by atoms with Crippen molar-refractivity contribution >= 4 is 0 Å². The van der Waals surface area contributed by atoms with Gasteiger partial charge in [-0.25, -0.2) is 0 Å². The Hall–Kier alpha value is -0.160. The van der Waals surface area contributed by atoms with E-state index < -0.39 is 0 Å². The molecule has 1 aliphatic rings. The van der Waals surface area contributed by atoms with E-state index in [0.717, 1.165) is 32.8 Å². The SMILES string of the molecule is COCCNCC(C)(C)CN1CCNCC1. The highest BCUT2D eigenvalue weighted by molar-refractivity contribution is 4.78. The molecule has 4 nitrogen and oxygen atoms in total. The van der Waals surface area contributed by atoms with Crippen molar-refractivity contribution in [2.75, 3.05) is 59.5 Å². The van der Waals surface area contributed by atoms with Crippen LogP contribution in [0.1, 0.15) is 13.8 Å². The summed E-state index contributed by atoms with van der Waals surface area (Å²) < 4.78 is 5.03. The predicted molar refractivity (Wildman–Crippen MR) is 67.8 cm³/mol. The Labute approximate surface area is 99.7 Å². The summed E-state index contributed by atoms with van der Waals surface area (Å²) in [5.74, 6) is 0. The molecule has 1 heterocycles. The van der Waals surface area contributed by atoms with Gasteiger partial charge >= 0.3 is 0 Å². The molecule has 1 saturated heterocycles. The lowest BCUT2D eigenvalue weighted by Gasteiger charge is -2.35. The van der Waals surface area contributed by atoms with E-state index in [-0.39, 0.29) is 0 Å². The van der Waals surface area contributed by atoms with E-state index >= 15 is 0 Å². The van der Waals surface area contributed by atoms with Crippen LogP contribution in [0.5, 0.6) is 0 Å². The predicted octanol–water partition coefficient (Wildman–Crippen LogP) is 0.154. The van der Waals surface area contributed by atoms with Gasteiger partial charge in [0.25, 0.3) is 0 Å². The van der Waals surface area contributed by atoms with Crippen LogP contribution in [0.3, 0.4) is 0 Å². The fraction of sp³-hybridized carbons (Fsp3) is 1.00. The van der Waals surface area contributed by atoms with E-state index in [9.17, 15) is 0 Å². The molecule has 1 aliphatic heterocycles. The highest BCUT2D eigenvalue weighted by Crippen LogP contribution is 2.15. The van der Waals surface area contributed by atoms with Crippen LogP contribution in [0.2, 0.25) is 0 Å². The molecular formula is C12H27N3O. The van der Waals surface area contributed by atoms with Crippen LogP contribution in [0.15, 0.2) is 0 Å². The summed E-state index contributed by atoms with van der Waals surface area (Å²) in [7, 11) is 1.74. The maximum atomic E-state index is 5.03. The van der Waals surface area contributed by atoms with Gasteiger partial charge in [0.1, 0.15) is 0 Å². The lowest BCUT2D eigenvalue weighted by Crippen LogP contribution is -2.49. The molecule has 1 rings (SSSR count). The van der Waals surface area contributed by atoms with Crippen molar-refractivity contribution in [3.8, 4) is 0 Å². The number of hydrogen-bond donors (Lipinski definition) is 2. The lowest BCUT2D eigenvalue weighted by molar-refractivity contribution is 0.151. The van der Waals surface area contributed by atoms with E-state index in [2.05, 4.69) is 29.4 Å². The van der Waals surface area contributed by atoms with Gasteiger partial charge in [0.2, 0.25) is 0 Å². The standard InChI is InChI=1S/C12H27N3O/c1-12(2,10-14-6-9-16-3)11-15-7-4-13-5-8-15/h13-14H,4-11H2,1-3H3. The molecule has 0 unspecified atom stereocenters. The topological polar surface area (TPSA) is 36.5 Å². The van der Waals surface area contributed by atoms with Crippen molar-refractivity contribution in [1.82, 2.24) is 15.5 Å². The van der Waals surface area contributed by atoms with Crippen molar-refractivity contribution in [3.05, 3.63) is 0 Å². The Bertz CT molecular complexity index is 179.